The van der Waals surface area contributed by atoms with Crippen LogP contribution in [-0.2, 0) is 0 Å². The lowest BCUT2D eigenvalue weighted by molar-refractivity contribution is 1.20. The molecular formula is C17H18N2. The minimum Gasteiger partial charge on any atom is -0.261 e. The largest absolute Gasteiger partial charge is 0.261 e. The summed E-state index contributed by atoms with van der Waals surface area (Å²) in [4.78, 5) is 8.78. The predicted octanol–water partition coefficient (Wildman–Crippen LogP) is 4.63. The van der Waals surface area contributed by atoms with Gasteiger partial charge in [-0.1, -0.05) is 38.1 Å². The molecule has 2 aromatic heterocycles. The number of benzene rings is 1. The second-order valence-electron chi connectivity index (χ2n) is 4.05. The van der Waals surface area contributed by atoms with Crippen molar-refractivity contribution in [2.24, 2.45) is 0 Å². The fraction of sp³-hybridized carbons (Fsp3) is 0.176. The molecule has 0 aliphatic heterocycles. The van der Waals surface area contributed by atoms with E-state index in [1.807, 2.05) is 57.4 Å². The fourth-order valence-electron chi connectivity index (χ4n) is 2.01. The predicted molar refractivity (Wildman–Crippen MR) is 81.1 cm³/mol. The maximum absolute atomic E-state index is 4.47. The molecule has 1 aromatic carbocycles. The van der Waals surface area contributed by atoms with Crippen LogP contribution in [0.4, 0.5) is 0 Å². The zero-order valence-corrected chi connectivity index (χ0v) is 11.6. The zero-order valence-electron chi connectivity index (χ0n) is 11.6. The molecule has 0 spiro atoms. The molecule has 0 N–H and O–H groups in total. The first-order chi connectivity index (χ1) is 9.34. The monoisotopic (exact) mass is 250 g/mol. The fourth-order valence-corrected chi connectivity index (χ4v) is 2.01. The van der Waals surface area contributed by atoms with Crippen LogP contribution in [0.5, 0.6) is 0 Å². The molecule has 0 saturated carbocycles. The Morgan fingerprint density at radius 1 is 0.895 bits per heavy atom. The number of fused-ring (bicyclic) bond motifs is 1. The summed E-state index contributed by atoms with van der Waals surface area (Å²) in [5.41, 5.74) is 4.32. The van der Waals surface area contributed by atoms with Gasteiger partial charge < -0.3 is 0 Å². The summed E-state index contributed by atoms with van der Waals surface area (Å²) in [6, 6.07) is 14.3. The standard InChI is InChI=1S/C15H12N2.C2H6/c1-11-14(6-4-8-16-11)13-9-12-5-2-3-7-15(12)17-10-13;1-2/h2-10H,1H3;1-2H3. The van der Waals surface area contributed by atoms with E-state index in [-0.39, 0.29) is 0 Å². The molecule has 0 aliphatic rings. The highest BCUT2D eigenvalue weighted by molar-refractivity contribution is 5.83. The van der Waals surface area contributed by atoms with Gasteiger partial charge in [0, 0.05) is 34.6 Å². The molecule has 0 unspecified atom stereocenters. The van der Waals surface area contributed by atoms with Crippen LogP contribution in [0.25, 0.3) is 22.0 Å². The summed E-state index contributed by atoms with van der Waals surface area (Å²) in [5, 5.41) is 1.16. The Balaban J connectivity index is 0.000000637. The second kappa shape index (κ2) is 6.10. The lowest BCUT2D eigenvalue weighted by Gasteiger charge is -2.05. The Kier molecular flexibility index (Phi) is 4.24. The van der Waals surface area contributed by atoms with E-state index >= 15 is 0 Å². The van der Waals surface area contributed by atoms with Gasteiger partial charge in [-0.05, 0) is 25.1 Å². The Hall–Kier alpha value is -2.22. The average molecular weight is 250 g/mol. The van der Waals surface area contributed by atoms with Gasteiger partial charge >= 0.3 is 0 Å². The lowest BCUT2D eigenvalue weighted by Crippen LogP contribution is -1.88. The maximum Gasteiger partial charge on any atom is 0.0702 e. The van der Waals surface area contributed by atoms with Gasteiger partial charge in [-0.15, -0.1) is 0 Å². The number of nitrogens with zero attached hydrogens (tertiary/aromatic N) is 2. The highest BCUT2D eigenvalue weighted by atomic mass is 14.7. The summed E-state index contributed by atoms with van der Waals surface area (Å²) in [6.07, 6.45) is 3.72. The number of rotatable bonds is 1. The van der Waals surface area contributed by atoms with E-state index in [9.17, 15) is 0 Å². The SMILES string of the molecule is CC.Cc1ncccc1-c1cnc2ccccc2c1. The molecule has 96 valence electrons. The summed E-state index contributed by atoms with van der Waals surface area (Å²) in [7, 11) is 0. The van der Waals surface area contributed by atoms with Crippen LogP contribution >= 0.6 is 0 Å². The molecule has 0 aliphatic carbocycles. The third-order valence-corrected chi connectivity index (χ3v) is 2.91. The van der Waals surface area contributed by atoms with Crippen molar-refractivity contribution in [3.05, 3.63) is 60.6 Å². The normalized spacial score (nSPS) is 9.84. The highest BCUT2D eigenvalue weighted by Gasteiger charge is 2.03. The van der Waals surface area contributed by atoms with Crippen LogP contribution in [0.3, 0.4) is 0 Å². The maximum atomic E-state index is 4.47. The van der Waals surface area contributed by atoms with Crippen LogP contribution in [0.1, 0.15) is 19.5 Å². The summed E-state index contributed by atoms with van der Waals surface area (Å²) in [5.74, 6) is 0. The average Bonchev–Trinajstić information content (AvgIpc) is 2.49. The van der Waals surface area contributed by atoms with Gasteiger partial charge in [0.2, 0.25) is 0 Å². The second-order valence-corrected chi connectivity index (χ2v) is 4.05. The molecule has 19 heavy (non-hydrogen) atoms. The first kappa shape index (κ1) is 13.2. The van der Waals surface area contributed by atoms with Crippen LogP contribution in [-0.4, -0.2) is 9.97 Å². The molecule has 0 radical (unpaired) electrons. The molecule has 3 rings (SSSR count). The van der Waals surface area contributed by atoms with Crippen LogP contribution < -0.4 is 0 Å². The van der Waals surface area contributed by atoms with E-state index < -0.39 is 0 Å². The molecule has 0 bridgehead atoms. The minimum absolute atomic E-state index is 1.03. The van der Waals surface area contributed by atoms with E-state index in [1.54, 1.807) is 0 Å². The van der Waals surface area contributed by atoms with Crippen molar-refractivity contribution >= 4 is 10.9 Å². The van der Waals surface area contributed by atoms with E-state index in [2.05, 4.69) is 28.2 Å². The van der Waals surface area contributed by atoms with Gasteiger partial charge in [0.25, 0.3) is 0 Å². The van der Waals surface area contributed by atoms with Crippen LogP contribution in [0.15, 0.2) is 54.9 Å². The van der Waals surface area contributed by atoms with Gasteiger partial charge in [-0.2, -0.15) is 0 Å². The molecule has 2 nitrogen and oxygen atoms in total. The number of pyridine rings is 2. The summed E-state index contributed by atoms with van der Waals surface area (Å²) >= 11 is 0. The number of hydrogen-bond acceptors (Lipinski definition) is 2. The van der Waals surface area contributed by atoms with Gasteiger partial charge in [0.15, 0.2) is 0 Å². The quantitative estimate of drug-likeness (QED) is 0.629. The van der Waals surface area contributed by atoms with Crippen molar-refractivity contribution in [1.82, 2.24) is 9.97 Å². The highest BCUT2D eigenvalue weighted by Crippen LogP contribution is 2.24. The first-order valence-electron chi connectivity index (χ1n) is 6.61. The minimum atomic E-state index is 1.03. The molecular weight excluding hydrogens is 232 g/mol. The Morgan fingerprint density at radius 2 is 1.68 bits per heavy atom. The van der Waals surface area contributed by atoms with Gasteiger partial charge in [-0.25, -0.2) is 0 Å². The number of hydrogen-bond donors (Lipinski definition) is 0. The van der Waals surface area contributed by atoms with Crippen molar-refractivity contribution in [3.63, 3.8) is 0 Å². The Labute approximate surface area is 114 Å². The Bertz CT molecular complexity index is 675. The third kappa shape index (κ3) is 2.79. The van der Waals surface area contributed by atoms with E-state index in [4.69, 9.17) is 0 Å². The van der Waals surface area contributed by atoms with Crippen molar-refractivity contribution < 1.29 is 0 Å². The zero-order chi connectivity index (χ0) is 13.7. The molecule has 2 heterocycles. The van der Waals surface area contributed by atoms with E-state index in [0.717, 1.165) is 27.7 Å². The van der Waals surface area contributed by atoms with Crippen molar-refractivity contribution in [3.8, 4) is 11.1 Å². The number of aryl methyl sites for hydroxylation is 1. The van der Waals surface area contributed by atoms with Crippen LogP contribution in [0, 0.1) is 6.92 Å². The molecule has 0 atom stereocenters. The first-order valence-corrected chi connectivity index (χ1v) is 6.61. The van der Waals surface area contributed by atoms with Crippen molar-refractivity contribution in [1.29, 1.82) is 0 Å². The van der Waals surface area contributed by atoms with E-state index in [1.165, 1.54) is 0 Å². The Morgan fingerprint density at radius 3 is 2.47 bits per heavy atom. The number of para-hydroxylation sites is 1. The smallest absolute Gasteiger partial charge is 0.0702 e. The lowest BCUT2D eigenvalue weighted by atomic mass is 10.0. The molecule has 2 heteroatoms. The third-order valence-electron chi connectivity index (χ3n) is 2.91. The van der Waals surface area contributed by atoms with Crippen molar-refractivity contribution in [2.75, 3.05) is 0 Å². The molecule has 0 fully saturated rings. The van der Waals surface area contributed by atoms with Crippen LogP contribution in [0.2, 0.25) is 0 Å². The number of aromatic nitrogens is 2. The topological polar surface area (TPSA) is 25.8 Å². The van der Waals surface area contributed by atoms with E-state index in [0.29, 0.717) is 0 Å². The van der Waals surface area contributed by atoms with Gasteiger partial charge in [0.05, 0.1) is 5.52 Å². The summed E-state index contributed by atoms with van der Waals surface area (Å²) in [6.45, 7) is 6.02. The molecule has 0 amide bonds. The molecule has 0 saturated heterocycles. The van der Waals surface area contributed by atoms with Gasteiger partial charge in [0.1, 0.15) is 0 Å². The summed E-state index contributed by atoms with van der Waals surface area (Å²) < 4.78 is 0. The molecule has 3 aromatic rings. The van der Waals surface area contributed by atoms with Gasteiger partial charge in [-0.3, -0.25) is 9.97 Å². The van der Waals surface area contributed by atoms with Crippen molar-refractivity contribution in [2.45, 2.75) is 20.8 Å².